The molecule has 0 bridgehead atoms. The predicted octanol–water partition coefficient (Wildman–Crippen LogP) is 1.33. The van der Waals surface area contributed by atoms with Crippen LogP contribution in [0.2, 0.25) is 0 Å². The second-order valence-corrected chi connectivity index (χ2v) is 3.20. The topological polar surface area (TPSA) is 38.3 Å². The largest absolute Gasteiger partial charge is 0.469 e. The number of esters is 1. The molecule has 0 saturated heterocycles. The molecule has 0 aromatic heterocycles. The molecular formula is C9H19NO2. The van der Waals surface area contributed by atoms with Gasteiger partial charge in [0.05, 0.1) is 13.5 Å². The summed E-state index contributed by atoms with van der Waals surface area (Å²) in [6, 6.07) is 0. The van der Waals surface area contributed by atoms with Crippen molar-refractivity contribution in [1.82, 2.24) is 5.32 Å². The lowest BCUT2D eigenvalue weighted by atomic mass is 9.94. The molecule has 72 valence electrons. The summed E-state index contributed by atoms with van der Waals surface area (Å²) in [7, 11) is 1.42. The Hall–Kier alpha value is -0.570. The van der Waals surface area contributed by atoms with Crippen molar-refractivity contribution in [2.24, 2.45) is 0 Å². The number of methoxy groups -OCH3 is 1. The van der Waals surface area contributed by atoms with Gasteiger partial charge in [-0.2, -0.15) is 0 Å². The van der Waals surface area contributed by atoms with Gasteiger partial charge in [-0.25, -0.2) is 0 Å². The van der Waals surface area contributed by atoms with Crippen LogP contribution in [-0.4, -0.2) is 25.2 Å². The van der Waals surface area contributed by atoms with Crippen LogP contribution < -0.4 is 5.32 Å². The Morgan fingerprint density at radius 3 is 2.42 bits per heavy atom. The van der Waals surface area contributed by atoms with Gasteiger partial charge in [0.25, 0.3) is 0 Å². The van der Waals surface area contributed by atoms with Gasteiger partial charge in [-0.1, -0.05) is 13.8 Å². The van der Waals surface area contributed by atoms with Crippen LogP contribution in [0.3, 0.4) is 0 Å². The standard InChI is InChI=1S/C9H19NO2/c1-5-9(3,10-6-2)7-8(11)12-4/h10H,5-7H2,1-4H3. The number of carbonyl (C=O) groups excluding carboxylic acids is 1. The maximum atomic E-state index is 11.0. The molecule has 0 radical (unpaired) electrons. The van der Waals surface area contributed by atoms with E-state index in [9.17, 15) is 4.79 Å². The van der Waals surface area contributed by atoms with Gasteiger partial charge in [-0.3, -0.25) is 4.79 Å². The van der Waals surface area contributed by atoms with Gasteiger partial charge in [-0.05, 0) is 19.9 Å². The highest BCUT2D eigenvalue weighted by Gasteiger charge is 2.24. The summed E-state index contributed by atoms with van der Waals surface area (Å²) < 4.78 is 4.62. The third-order valence-electron chi connectivity index (χ3n) is 2.15. The van der Waals surface area contributed by atoms with E-state index in [0.717, 1.165) is 13.0 Å². The molecule has 0 aliphatic heterocycles. The minimum Gasteiger partial charge on any atom is -0.469 e. The highest BCUT2D eigenvalue weighted by molar-refractivity contribution is 5.70. The molecule has 1 atom stereocenters. The van der Waals surface area contributed by atoms with E-state index in [1.54, 1.807) is 0 Å². The zero-order valence-electron chi connectivity index (χ0n) is 8.44. The average Bonchev–Trinajstić information content (AvgIpc) is 2.05. The van der Waals surface area contributed by atoms with Gasteiger partial charge < -0.3 is 10.1 Å². The van der Waals surface area contributed by atoms with E-state index in [4.69, 9.17) is 0 Å². The summed E-state index contributed by atoms with van der Waals surface area (Å²) in [6.07, 6.45) is 1.36. The van der Waals surface area contributed by atoms with E-state index in [1.165, 1.54) is 7.11 Å². The number of hydrogen-bond donors (Lipinski definition) is 1. The quantitative estimate of drug-likeness (QED) is 0.637. The molecule has 3 nitrogen and oxygen atoms in total. The van der Waals surface area contributed by atoms with Gasteiger partial charge in [0, 0.05) is 5.54 Å². The van der Waals surface area contributed by atoms with E-state index >= 15 is 0 Å². The van der Waals surface area contributed by atoms with Crippen molar-refractivity contribution in [3.05, 3.63) is 0 Å². The monoisotopic (exact) mass is 173 g/mol. The Labute approximate surface area is 74.5 Å². The molecule has 0 aliphatic rings. The van der Waals surface area contributed by atoms with Gasteiger partial charge in [0.1, 0.15) is 0 Å². The lowest BCUT2D eigenvalue weighted by Crippen LogP contribution is -2.43. The molecule has 0 aromatic carbocycles. The molecule has 0 heterocycles. The number of nitrogens with one attached hydrogen (secondary N) is 1. The fraction of sp³-hybridized carbons (Fsp3) is 0.889. The van der Waals surface area contributed by atoms with Crippen LogP contribution in [-0.2, 0) is 9.53 Å². The second-order valence-electron chi connectivity index (χ2n) is 3.20. The summed E-state index contributed by atoms with van der Waals surface area (Å²) in [5.74, 6) is -0.152. The second kappa shape index (κ2) is 5.14. The third-order valence-corrected chi connectivity index (χ3v) is 2.15. The first-order valence-corrected chi connectivity index (χ1v) is 4.39. The number of carbonyl (C=O) groups is 1. The van der Waals surface area contributed by atoms with Gasteiger partial charge in [0.2, 0.25) is 0 Å². The maximum Gasteiger partial charge on any atom is 0.307 e. The Morgan fingerprint density at radius 1 is 1.50 bits per heavy atom. The minimum atomic E-state index is -0.152. The molecule has 0 fully saturated rings. The molecule has 1 N–H and O–H groups in total. The fourth-order valence-corrected chi connectivity index (χ4v) is 1.13. The number of hydrogen-bond acceptors (Lipinski definition) is 3. The summed E-state index contributed by atoms with van der Waals surface area (Å²) in [5.41, 5.74) is -0.109. The molecule has 12 heavy (non-hydrogen) atoms. The van der Waals surface area contributed by atoms with Gasteiger partial charge in [-0.15, -0.1) is 0 Å². The fourth-order valence-electron chi connectivity index (χ4n) is 1.13. The average molecular weight is 173 g/mol. The molecule has 3 heteroatoms. The molecule has 0 spiro atoms. The molecule has 0 saturated carbocycles. The van der Waals surface area contributed by atoms with Crippen molar-refractivity contribution in [3.63, 3.8) is 0 Å². The molecule has 1 unspecified atom stereocenters. The normalized spacial score (nSPS) is 15.3. The van der Waals surface area contributed by atoms with E-state index in [1.807, 2.05) is 13.8 Å². The van der Waals surface area contributed by atoms with Crippen molar-refractivity contribution >= 4 is 5.97 Å². The van der Waals surface area contributed by atoms with Crippen molar-refractivity contribution in [2.75, 3.05) is 13.7 Å². The Morgan fingerprint density at radius 2 is 2.08 bits per heavy atom. The molecular weight excluding hydrogens is 154 g/mol. The van der Waals surface area contributed by atoms with Gasteiger partial charge in [0.15, 0.2) is 0 Å². The summed E-state index contributed by atoms with van der Waals surface area (Å²) in [4.78, 5) is 11.0. The van der Waals surface area contributed by atoms with Crippen LogP contribution >= 0.6 is 0 Å². The van der Waals surface area contributed by atoms with Crippen LogP contribution in [0, 0.1) is 0 Å². The Kier molecular flexibility index (Phi) is 4.90. The highest BCUT2D eigenvalue weighted by atomic mass is 16.5. The van der Waals surface area contributed by atoms with Crippen molar-refractivity contribution < 1.29 is 9.53 Å². The summed E-state index contributed by atoms with van der Waals surface area (Å²) in [6.45, 7) is 7.01. The zero-order valence-corrected chi connectivity index (χ0v) is 8.44. The number of ether oxygens (including phenoxy) is 1. The minimum absolute atomic E-state index is 0.109. The molecule has 0 aromatic rings. The third kappa shape index (κ3) is 3.72. The SMILES string of the molecule is CCNC(C)(CC)CC(=O)OC. The number of rotatable bonds is 5. The van der Waals surface area contributed by atoms with Crippen molar-refractivity contribution in [1.29, 1.82) is 0 Å². The molecule has 0 amide bonds. The van der Waals surface area contributed by atoms with E-state index < -0.39 is 0 Å². The Bertz CT molecular complexity index is 147. The van der Waals surface area contributed by atoms with Crippen molar-refractivity contribution in [3.8, 4) is 0 Å². The zero-order chi connectivity index (χ0) is 9.61. The Balaban J connectivity index is 4.03. The lowest BCUT2D eigenvalue weighted by Gasteiger charge is -2.27. The van der Waals surface area contributed by atoms with Crippen LogP contribution in [0.5, 0.6) is 0 Å². The van der Waals surface area contributed by atoms with Crippen LogP contribution in [0.25, 0.3) is 0 Å². The first kappa shape index (κ1) is 11.4. The van der Waals surface area contributed by atoms with Crippen molar-refractivity contribution in [2.45, 2.75) is 39.2 Å². The lowest BCUT2D eigenvalue weighted by molar-refractivity contribution is -0.142. The van der Waals surface area contributed by atoms with Crippen LogP contribution in [0.4, 0.5) is 0 Å². The first-order valence-electron chi connectivity index (χ1n) is 4.39. The highest BCUT2D eigenvalue weighted by Crippen LogP contribution is 2.14. The first-order chi connectivity index (χ1) is 5.58. The summed E-state index contributed by atoms with van der Waals surface area (Å²) in [5, 5.41) is 3.27. The van der Waals surface area contributed by atoms with Gasteiger partial charge >= 0.3 is 5.97 Å². The smallest absolute Gasteiger partial charge is 0.307 e. The molecule has 0 rings (SSSR count). The summed E-state index contributed by atoms with van der Waals surface area (Å²) >= 11 is 0. The predicted molar refractivity (Wildman–Crippen MR) is 49.0 cm³/mol. The van der Waals surface area contributed by atoms with Crippen LogP contribution in [0.15, 0.2) is 0 Å². The maximum absolute atomic E-state index is 11.0. The van der Waals surface area contributed by atoms with Crippen LogP contribution in [0.1, 0.15) is 33.6 Å². The van der Waals surface area contributed by atoms with E-state index in [0.29, 0.717) is 6.42 Å². The van der Waals surface area contributed by atoms with E-state index in [2.05, 4.69) is 17.0 Å². The van der Waals surface area contributed by atoms with E-state index in [-0.39, 0.29) is 11.5 Å². The molecule has 0 aliphatic carbocycles.